The van der Waals surface area contributed by atoms with E-state index in [4.69, 9.17) is 0 Å². The highest BCUT2D eigenvalue weighted by Gasteiger charge is 2.15. The van der Waals surface area contributed by atoms with Crippen molar-refractivity contribution in [3.63, 3.8) is 0 Å². The number of hydrogen-bond acceptors (Lipinski definition) is 8. The minimum atomic E-state index is -3.71. The molecule has 0 amide bonds. The minimum Gasteiger partial charge on any atom is -0.340 e. The van der Waals surface area contributed by atoms with Crippen molar-refractivity contribution in [1.82, 2.24) is 24.9 Å². The number of aryl methyl sites for hydroxylation is 1. The quantitative estimate of drug-likeness (QED) is 0.356. The summed E-state index contributed by atoms with van der Waals surface area (Å²) in [4.78, 5) is 19.3. The maximum absolute atomic E-state index is 12.2. The first-order chi connectivity index (χ1) is 14.5. The van der Waals surface area contributed by atoms with Crippen molar-refractivity contribution in [2.75, 3.05) is 15.4 Å². The SMILES string of the molecule is Cc1nc(Nc2ccc(NS(=O)(=O)c3cnc[nH]3)cc2)cc(Nc2ccccn2)n1. The molecule has 0 aliphatic carbocycles. The van der Waals surface area contributed by atoms with Crippen molar-refractivity contribution in [2.45, 2.75) is 11.9 Å². The van der Waals surface area contributed by atoms with Crippen LogP contribution in [0.3, 0.4) is 0 Å². The number of pyridine rings is 1. The molecule has 4 aromatic rings. The Kier molecular flexibility index (Phi) is 5.26. The summed E-state index contributed by atoms with van der Waals surface area (Å²) in [6, 6.07) is 14.1. The molecule has 0 saturated heterocycles. The van der Waals surface area contributed by atoms with Crippen LogP contribution in [0.4, 0.5) is 28.8 Å². The highest BCUT2D eigenvalue weighted by Crippen LogP contribution is 2.22. The predicted octanol–water partition coefficient (Wildman–Crippen LogP) is 3.19. The van der Waals surface area contributed by atoms with Crippen LogP contribution in [0.5, 0.6) is 0 Å². The number of sulfonamides is 1. The number of benzene rings is 1. The monoisotopic (exact) mass is 422 g/mol. The van der Waals surface area contributed by atoms with Gasteiger partial charge in [0.15, 0.2) is 5.03 Å². The van der Waals surface area contributed by atoms with E-state index < -0.39 is 10.0 Å². The summed E-state index contributed by atoms with van der Waals surface area (Å²) in [6.45, 7) is 1.79. The van der Waals surface area contributed by atoms with Crippen LogP contribution in [0.2, 0.25) is 0 Å². The first-order valence-corrected chi connectivity index (χ1v) is 10.4. The maximum atomic E-state index is 12.2. The number of aromatic amines is 1. The second-order valence-corrected chi connectivity index (χ2v) is 7.90. The normalized spacial score (nSPS) is 11.1. The molecule has 0 aliphatic heterocycles. The van der Waals surface area contributed by atoms with Gasteiger partial charge < -0.3 is 15.6 Å². The van der Waals surface area contributed by atoms with Gasteiger partial charge in [-0.1, -0.05) is 6.07 Å². The second-order valence-electron chi connectivity index (χ2n) is 6.25. The lowest BCUT2D eigenvalue weighted by molar-refractivity contribution is 0.598. The number of rotatable bonds is 7. The number of hydrogen-bond donors (Lipinski definition) is 4. The molecule has 4 N–H and O–H groups in total. The van der Waals surface area contributed by atoms with E-state index in [1.54, 1.807) is 43.5 Å². The van der Waals surface area contributed by atoms with Crippen molar-refractivity contribution in [2.24, 2.45) is 0 Å². The molecule has 3 heterocycles. The topological polar surface area (TPSA) is 138 Å². The molecule has 10 nitrogen and oxygen atoms in total. The second kappa shape index (κ2) is 8.17. The van der Waals surface area contributed by atoms with Crippen molar-refractivity contribution < 1.29 is 8.42 Å². The molecule has 0 saturated carbocycles. The molecule has 1 aromatic carbocycles. The fourth-order valence-corrected chi connectivity index (χ4v) is 3.60. The maximum Gasteiger partial charge on any atom is 0.278 e. The van der Waals surface area contributed by atoms with E-state index in [1.165, 1.54) is 12.5 Å². The zero-order valence-corrected chi connectivity index (χ0v) is 16.7. The Bertz CT molecular complexity index is 1230. The summed E-state index contributed by atoms with van der Waals surface area (Å²) in [5.41, 5.74) is 1.16. The van der Waals surface area contributed by atoms with Gasteiger partial charge in [0.1, 0.15) is 23.3 Å². The third-order valence-corrected chi connectivity index (χ3v) is 5.24. The molecule has 0 aliphatic rings. The van der Waals surface area contributed by atoms with Gasteiger partial charge in [-0.25, -0.2) is 19.9 Å². The van der Waals surface area contributed by atoms with Crippen LogP contribution in [0.25, 0.3) is 0 Å². The van der Waals surface area contributed by atoms with E-state index in [-0.39, 0.29) is 5.03 Å². The Balaban J connectivity index is 1.47. The number of nitrogens with zero attached hydrogens (tertiary/aromatic N) is 4. The molecular weight excluding hydrogens is 404 g/mol. The molecule has 0 spiro atoms. The van der Waals surface area contributed by atoms with Gasteiger partial charge in [0.05, 0.1) is 12.5 Å². The summed E-state index contributed by atoms with van der Waals surface area (Å²) < 4.78 is 27.0. The van der Waals surface area contributed by atoms with Crippen LogP contribution in [0.15, 0.2) is 72.3 Å². The van der Waals surface area contributed by atoms with Gasteiger partial charge in [-0.15, -0.1) is 0 Å². The van der Waals surface area contributed by atoms with E-state index in [1.807, 2.05) is 18.2 Å². The first kappa shape index (κ1) is 19.3. The average molecular weight is 422 g/mol. The lowest BCUT2D eigenvalue weighted by Crippen LogP contribution is -2.13. The molecule has 0 bridgehead atoms. The van der Waals surface area contributed by atoms with Crippen LogP contribution >= 0.6 is 0 Å². The third-order valence-electron chi connectivity index (χ3n) is 3.93. The van der Waals surface area contributed by atoms with Crippen molar-refractivity contribution in [3.8, 4) is 0 Å². The summed E-state index contributed by atoms with van der Waals surface area (Å²) >= 11 is 0. The Morgan fingerprint density at radius 1 is 0.900 bits per heavy atom. The molecule has 0 unspecified atom stereocenters. The molecule has 4 rings (SSSR count). The molecule has 0 radical (unpaired) electrons. The van der Waals surface area contributed by atoms with Gasteiger partial charge in [0.25, 0.3) is 10.0 Å². The number of nitrogens with one attached hydrogen (secondary N) is 4. The van der Waals surface area contributed by atoms with Crippen LogP contribution in [-0.4, -0.2) is 33.3 Å². The Morgan fingerprint density at radius 2 is 1.63 bits per heavy atom. The molecule has 0 atom stereocenters. The van der Waals surface area contributed by atoms with Gasteiger partial charge in [-0.2, -0.15) is 8.42 Å². The fraction of sp³-hybridized carbons (Fsp3) is 0.0526. The van der Waals surface area contributed by atoms with Crippen molar-refractivity contribution >= 4 is 38.9 Å². The van der Waals surface area contributed by atoms with Gasteiger partial charge in [0.2, 0.25) is 0 Å². The summed E-state index contributed by atoms with van der Waals surface area (Å²) in [5, 5.41) is 6.31. The zero-order chi connectivity index (χ0) is 21.0. The largest absolute Gasteiger partial charge is 0.340 e. The highest BCUT2D eigenvalue weighted by atomic mass is 32.2. The van der Waals surface area contributed by atoms with E-state index in [9.17, 15) is 8.42 Å². The van der Waals surface area contributed by atoms with E-state index in [2.05, 4.69) is 40.3 Å². The van der Waals surface area contributed by atoms with Crippen molar-refractivity contribution in [1.29, 1.82) is 0 Å². The molecular formula is C19H18N8O2S. The molecule has 0 fully saturated rings. The van der Waals surface area contributed by atoms with Gasteiger partial charge in [0, 0.05) is 23.6 Å². The molecule has 3 aromatic heterocycles. The van der Waals surface area contributed by atoms with Crippen LogP contribution in [-0.2, 0) is 10.0 Å². The smallest absolute Gasteiger partial charge is 0.278 e. The minimum absolute atomic E-state index is 0.00547. The number of imidazole rings is 1. The van der Waals surface area contributed by atoms with Gasteiger partial charge >= 0.3 is 0 Å². The predicted molar refractivity (Wildman–Crippen MR) is 113 cm³/mol. The summed E-state index contributed by atoms with van der Waals surface area (Å²) in [7, 11) is -3.71. The van der Waals surface area contributed by atoms with E-state index in [0.717, 1.165) is 5.69 Å². The number of anilines is 5. The number of H-pyrrole nitrogens is 1. The van der Waals surface area contributed by atoms with Gasteiger partial charge in [-0.3, -0.25) is 4.72 Å². The fourth-order valence-electron chi connectivity index (χ4n) is 2.63. The average Bonchev–Trinajstić information content (AvgIpc) is 3.26. The van der Waals surface area contributed by atoms with Crippen LogP contribution in [0.1, 0.15) is 5.82 Å². The van der Waals surface area contributed by atoms with E-state index >= 15 is 0 Å². The lowest BCUT2D eigenvalue weighted by atomic mass is 10.3. The molecule has 30 heavy (non-hydrogen) atoms. The van der Waals surface area contributed by atoms with Gasteiger partial charge in [-0.05, 0) is 43.3 Å². The number of aromatic nitrogens is 5. The highest BCUT2D eigenvalue weighted by molar-refractivity contribution is 7.92. The lowest BCUT2D eigenvalue weighted by Gasteiger charge is -2.11. The summed E-state index contributed by atoms with van der Waals surface area (Å²) in [6.07, 6.45) is 4.24. The van der Waals surface area contributed by atoms with Crippen LogP contribution < -0.4 is 15.4 Å². The molecule has 11 heteroatoms. The summed E-state index contributed by atoms with van der Waals surface area (Å²) in [5.74, 6) is 2.46. The first-order valence-electron chi connectivity index (χ1n) is 8.90. The molecule has 152 valence electrons. The standard InChI is InChI=1S/C19H18N8O2S/c1-13-23-17(10-18(24-13)26-16-4-2-3-9-21-16)25-14-5-7-15(8-6-14)27-30(28,29)19-11-20-12-22-19/h2-12,27H,1H3,(H,20,22)(H2,21,23,24,25,26). The Hall–Kier alpha value is -3.99. The third kappa shape index (κ3) is 4.70. The Morgan fingerprint density at radius 3 is 2.30 bits per heavy atom. The van der Waals surface area contributed by atoms with Crippen molar-refractivity contribution in [3.05, 3.63) is 73.1 Å². The van der Waals surface area contributed by atoms with Crippen LogP contribution in [0, 0.1) is 6.92 Å². The Labute approximate surface area is 172 Å². The zero-order valence-electron chi connectivity index (χ0n) is 15.9. The van der Waals surface area contributed by atoms with E-state index in [0.29, 0.717) is 29.0 Å².